The summed E-state index contributed by atoms with van der Waals surface area (Å²) in [6.07, 6.45) is 55.8. The van der Waals surface area contributed by atoms with Crippen molar-refractivity contribution in [3.63, 3.8) is 0 Å². The second-order valence-corrected chi connectivity index (χ2v) is 32.9. The van der Waals surface area contributed by atoms with Gasteiger partial charge in [0.2, 0.25) is 0 Å². The first kappa shape index (κ1) is 97.1. The number of phosphoric ester groups is 2. The van der Waals surface area contributed by atoms with Crippen LogP contribution in [0.2, 0.25) is 0 Å². The van der Waals surface area contributed by atoms with E-state index in [-0.39, 0.29) is 25.7 Å². The van der Waals surface area contributed by atoms with E-state index >= 15 is 0 Å². The first-order chi connectivity index (χ1) is 47.7. The molecule has 17 nitrogen and oxygen atoms in total. The minimum atomic E-state index is -4.96. The van der Waals surface area contributed by atoms with Gasteiger partial charge in [-0.15, -0.1) is 0 Å². The summed E-state index contributed by atoms with van der Waals surface area (Å²) in [6, 6.07) is 0. The molecule has 0 radical (unpaired) electrons. The zero-order valence-corrected chi connectivity index (χ0v) is 66.9. The van der Waals surface area contributed by atoms with E-state index in [1.54, 1.807) is 0 Å². The molecule has 0 saturated heterocycles. The molecule has 0 aromatic rings. The van der Waals surface area contributed by atoms with Gasteiger partial charge in [-0.3, -0.25) is 37.3 Å². The molecule has 19 heteroatoms. The third kappa shape index (κ3) is 70.2. The van der Waals surface area contributed by atoms with Gasteiger partial charge in [0.1, 0.15) is 19.3 Å². The highest BCUT2D eigenvalue weighted by molar-refractivity contribution is 7.47. The van der Waals surface area contributed by atoms with Crippen molar-refractivity contribution in [2.75, 3.05) is 39.6 Å². The number of hydrogen-bond donors (Lipinski definition) is 3. The van der Waals surface area contributed by atoms with Crippen LogP contribution in [0, 0.1) is 23.7 Å². The molecule has 0 spiro atoms. The third-order valence-corrected chi connectivity index (χ3v) is 21.6. The second kappa shape index (κ2) is 69.1. The van der Waals surface area contributed by atoms with Gasteiger partial charge in [0, 0.05) is 25.7 Å². The summed E-state index contributed by atoms with van der Waals surface area (Å²) in [5.74, 6) is 0.998. The van der Waals surface area contributed by atoms with Crippen molar-refractivity contribution in [2.24, 2.45) is 23.7 Å². The summed E-state index contributed by atoms with van der Waals surface area (Å²) in [7, 11) is -9.92. The average Bonchev–Trinajstić information content (AvgIpc) is 1.18. The van der Waals surface area contributed by atoms with Gasteiger partial charge in [-0.25, -0.2) is 9.13 Å². The topological polar surface area (TPSA) is 237 Å². The maximum Gasteiger partial charge on any atom is 0.472 e. The smallest absolute Gasteiger partial charge is 0.462 e. The molecule has 0 rings (SSSR count). The normalized spacial score (nSPS) is 14.9. The van der Waals surface area contributed by atoms with Crippen LogP contribution in [0.25, 0.3) is 0 Å². The van der Waals surface area contributed by atoms with E-state index in [2.05, 4.69) is 55.4 Å². The Kier molecular flexibility index (Phi) is 67.8. The number of hydrogen-bond acceptors (Lipinski definition) is 15. The first-order valence-electron chi connectivity index (χ1n) is 41.3. The summed E-state index contributed by atoms with van der Waals surface area (Å²) in [6.45, 7) is 14.2. The van der Waals surface area contributed by atoms with Gasteiger partial charge >= 0.3 is 39.5 Å². The van der Waals surface area contributed by atoms with Crippen molar-refractivity contribution in [2.45, 2.75) is 427 Å². The van der Waals surface area contributed by atoms with Gasteiger partial charge in [-0.05, 0) is 49.4 Å². The molecule has 3 N–H and O–H groups in total. The number of carbonyl (C=O) groups is 4. The first-order valence-corrected chi connectivity index (χ1v) is 44.3. The number of esters is 4. The molecule has 0 aliphatic rings. The van der Waals surface area contributed by atoms with Gasteiger partial charge in [0.05, 0.1) is 26.4 Å². The standard InChI is InChI=1S/C80H156O17P2/c1-9-71(6)57-49-41-32-28-24-20-16-14-12-13-15-17-23-27-31-35-46-54-62-79(84)96-75(67-91-78(83)61-53-45-39-37-43-51-59-73(8)11-3)68-94-98(86,87)92-64-74(81)65-93-99(88,89)95-69-76(97-80(85)63-55-47-38-36-40-48-56-70(4)5)66-90-77(82)60-52-44-34-30-26-22-19-18-21-25-29-33-42-50-58-72(7)10-2/h70-76,81H,9-69H2,1-8H3,(H,86,87)(H,88,89)/t71?,72?,73?,74-,75+,76+/m0/s1. The Balaban J connectivity index is 5.12. The minimum absolute atomic E-state index is 0.102. The Labute approximate surface area is 607 Å². The predicted molar refractivity (Wildman–Crippen MR) is 404 cm³/mol. The number of phosphoric acid groups is 2. The van der Waals surface area contributed by atoms with E-state index in [0.29, 0.717) is 31.6 Å². The molecule has 0 aliphatic carbocycles. The van der Waals surface area contributed by atoms with Crippen LogP contribution in [0.1, 0.15) is 409 Å². The van der Waals surface area contributed by atoms with Crippen LogP contribution in [0.15, 0.2) is 0 Å². The van der Waals surface area contributed by atoms with Crippen LogP contribution >= 0.6 is 15.6 Å². The number of aliphatic hydroxyl groups excluding tert-OH is 1. The zero-order chi connectivity index (χ0) is 73.1. The zero-order valence-electron chi connectivity index (χ0n) is 65.1. The highest BCUT2D eigenvalue weighted by atomic mass is 31.2. The lowest BCUT2D eigenvalue weighted by molar-refractivity contribution is -0.161. The molecule has 0 bridgehead atoms. The molecule has 588 valence electrons. The largest absolute Gasteiger partial charge is 0.472 e. The van der Waals surface area contributed by atoms with Crippen LogP contribution < -0.4 is 0 Å². The molecule has 0 aromatic carbocycles. The molecule has 8 atom stereocenters. The number of aliphatic hydroxyl groups is 1. The summed E-state index contributed by atoms with van der Waals surface area (Å²) in [5, 5.41) is 10.6. The molecular formula is C80H156O17P2. The fourth-order valence-corrected chi connectivity index (χ4v) is 13.7. The number of rotatable bonds is 77. The molecule has 0 amide bonds. The highest BCUT2D eigenvalue weighted by Crippen LogP contribution is 2.45. The van der Waals surface area contributed by atoms with Crippen molar-refractivity contribution in [1.82, 2.24) is 0 Å². The van der Waals surface area contributed by atoms with Crippen LogP contribution in [0.3, 0.4) is 0 Å². The van der Waals surface area contributed by atoms with Crippen LogP contribution in [0.5, 0.6) is 0 Å². The lowest BCUT2D eigenvalue weighted by Crippen LogP contribution is -2.30. The Morgan fingerprint density at radius 3 is 0.717 bits per heavy atom. The second-order valence-electron chi connectivity index (χ2n) is 30.0. The van der Waals surface area contributed by atoms with Gasteiger partial charge in [-0.1, -0.05) is 357 Å². The SMILES string of the molecule is CCC(C)CCCCCCCCCCCCCCCCCCCCC(=O)O[C@H](COC(=O)CCCCCCCCC(C)CC)COP(=O)(O)OC[C@H](O)COP(=O)(O)OC[C@@H](COC(=O)CCCCCCCCCCCCCCCCC(C)CC)OC(=O)CCCCCCCCC(C)C. The average molecular weight is 1450 g/mol. The fraction of sp³-hybridized carbons (Fsp3) is 0.950. The number of carbonyl (C=O) groups excluding carboxylic acids is 4. The summed E-state index contributed by atoms with van der Waals surface area (Å²) >= 11 is 0. The van der Waals surface area contributed by atoms with Crippen molar-refractivity contribution in [3.05, 3.63) is 0 Å². The molecule has 0 aliphatic heterocycles. The molecule has 0 fully saturated rings. The monoisotopic (exact) mass is 1450 g/mol. The van der Waals surface area contributed by atoms with Crippen LogP contribution in [-0.2, 0) is 65.4 Å². The molecule has 0 aromatic heterocycles. The van der Waals surface area contributed by atoms with Crippen LogP contribution in [-0.4, -0.2) is 96.7 Å². The van der Waals surface area contributed by atoms with E-state index in [1.165, 1.54) is 205 Å². The van der Waals surface area contributed by atoms with E-state index in [0.717, 1.165) is 114 Å². The molecule has 99 heavy (non-hydrogen) atoms. The van der Waals surface area contributed by atoms with Gasteiger partial charge in [0.15, 0.2) is 12.2 Å². The van der Waals surface area contributed by atoms with Gasteiger partial charge in [0.25, 0.3) is 0 Å². The molecule has 0 saturated carbocycles. The lowest BCUT2D eigenvalue weighted by atomic mass is 9.99. The summed E-state index contributed by atoms with van der Waals surface area (Å²) in [4.78, 5) is 72.8. The van der Waals surface area contributed by atoms with Crippen molar-refractivity contribution in [3.8, 4) is 0 Å². The summed E-state index contributed by atoms with van der Waals surface area (Å²) in [5.41, 5.74) is 0. The number of ether oxygens (including phenoxy) is 4. The van der Waals surface area contributed by atoms with Crippen LogP contribution in [0.4, 0.5) is 0 Å². The molecule has 0 heterocycles. The Bertz CT molecular complexity index is 1940. The predicted octanol–water partition coefficient (Wildman–Crippen LogP) is 23.6. The Hall–Kier alpha value is -1.94. The van der Waals surface area contributed by atoms with Crippen molar-refractivity contribution in [1.29, 1.82) is 0 Å². The lowest BCUT2D eigenvalue weighted by Gasteiger charge is -2.21. The summed E-state index contributed by atoms with van der Waals surface area (Å²) < 4.78 is 68.6. The van der Waals surface area contributed by atoms with Gasteiger partial charge in [-0.2, -0.15) is 0 Å². The highest BCUT2D eigenvalue weighted by Gasteiger charge is 2.30. The molecule has 5 unspecified atom stereocenters. The third-order valence-electron chi connectivity index (χ3n) is 19.7. The van der Waals surface area contributed by atoms with E-state index in [9.17, 15) is 43.2 Å². The maximum absolute atomic E-state index is 13.1. The minimum Gasteiger partial charge on any atom is -0.462 e. The van der Waals surface area contributed by atoms with Crippen molar-refractivity contribution >= 4 is 39.5 Å². The fourth-order valence-electron chi connectivity index (χ4n) is 12.2. The van der Waals surface area contributed by atoms with Crippen molar-refractivity contribution < 1.29 is 80.2 Å². The maximum atomic E-state index is 13.1. The Morgan fingerprint density at radius 1 is 0.283 bits per heavy atom. The quantitative estimate of drug-likeness (QED) is 0.0222. The molecular weight excluding hydrogens is 1290 g/mol. The number of unbranched alkanes of at least 4 members (excludes halogenated alkanes) is 40. The van der Waals surface area contributed by atoms with Gasteiger partial charge < -0.3 is 33.8 Å². The van der Waals surface area contributed by atoms with E-state index in [4.69, 9.17) is 37.0 Å². The van der Waals surface area contributed by atoms with E-state index < -0.39 is 97.5 Å². The Morgan fingerprint density at radius 2 is 0.485 bits per heavy atom. The van der Waals surface area contributed by atoms with E-state index in [1.807, 2.05) is 0 Å².